The summed E-state index contributed by atoms with van der Waals surface area (Å²) in [6.07, 6.45) is -9.71. The summed E-state index contributed by atoms with van der Waals surface area (Å²) in [5, 5.41) is 29.2. The number of aliphatic hydroxyl groups is 2. The number of hydrogen-bond acceptors (Lipinski definition) is 5. The van der Waals surface area contributed by atoms with E-state index in [1.54, 1.807) is 0 Å². The van der Waals surface area contributed by atoms with E-state index in [1.165, 1.54) is 0 Å². The van der Waals surface area contributed by atoms with Gasteiger partial charge in [0.15, 0.2) is 0 Å². The number of fused-ring (bicyclic) bond motifs is 6. The van der Waals surface area contributed by atoms with Gasteiger partial charge in [-0.3, -0.25) is 9.59 Å². The molecule has 6 bridgehead atoms. The molecule has 6 saturated carbocycles. The Labute approximate surface area is 246 Å². The van der Waals surface area contributed by atoms with E-state index in [1.807, 2.05) is 0 Å². The van der Waals surface area contributed by atoms with Crippen molar-refractivity contribution in [2.24, 2.45) is 88.8 Å². The standard InChI is InChI=1S/C31H42F6O6/c1-12-14-5-17(11-29(42,30(32,33)34)31(35,36)37)19(6-14)24(12)25-16-8-20(21(9-16)27(39)40)26(25)23-13(2)18-7-15(23)10-22(18)28(41)43-4-3-38/h12-26,38,42H,3-11H2,1-2H3,(H,39,40). The van der Waals surface area contributed by atoms with Crippen LogP contribution in [0.2, 0.25) is 0 Å². The molecule has 6 aliphatic carbocycles. The molecule has 15 unspecified atom stereocenters. The second-order valence-electron chi connectivity index (χ2n) is 15.0. The van der Waals surface area contributed by atoms with Crippen LogP contribution in [0.3, 0.4) is 0 Å². The summed E-state index contributed by atoms with van der Waals surface area (Å²) in [4.78, 5) is 25.1. The number of hydrogen-bond donors (Lipinski definition) is 3. The lowest BCUT2D eigenvalue weighted by Crippen LogP contribution is -2.58. The molecular formula is C31H42F6O6. The Balaban J connectivity index is 1.29. The first-order valence-corrected chi connectivity index (χ1v) is 15.9. The lowest BCUT2D eigenvalue weighted by molar-refractivity contribution is -0.373. The Kier molecular flexibility index (Phi) is 7.67. The largest absolute Gasteiger partial charge is 0.481 e. The molecule has 15 atom stereocenters. The van der Waals surface area contributed by atoms with Crippen molar-refractivity contribution in [1.82, 2.24) is 0 Å². The van der Waals surface area contributed by atoms with Crippen molar-refractivity contribution in [3.8, 4) is 0 Å². The van der Waals surface area contributed by atoms with Crippen LogP contribution in [0.15, 0.2) is 0 Å². The molecule has 3 N–H and O–H groups in total. The van der Waals surface area contributed by atoms with E-state index in [4.69, 9.17) is 9.84 Å². The number of esters is 1. The Morgan fingerprint density at radius 2 is 1.30 bits per heavy atom. The van der Waals surface area contributed by atoms with Gasteiger partial charge in [-0.15, -0.1) is 0 Å². The van der Waals surface area contributed by atoms with Gasteiger partial charge >= 0.3 is 24.3 Å². The molecule has 0 amide bonds. The summed E-state index contributed by atoms with van der Waals surface area (Å²) in [6, 6.07) is 0. The van der Waals surface area contributed by atoms with Crippen molar-refractivity contribution in [3.05, 3.63) is 0 Å². The molecule has 244 valence electrons. The van der Waals surface area contributed by atoms with E-state index in [9.17, 15) is 46.1 Å². The minimum absolute atomic E-state index is 0.00450. The molecule has 6 aliphatic rings. The van der Waals surface area contributed by atoms with Crippen LogP contribution in [-0.4, -0.2) is 58.4 Å². The van der Waals surface area contributed by atoms with Crippen molar-refractivity contribution in [3.63, 3.8) is 0 Å². The molecule has 43 heavy (non-hydrogen) atoms. The number of carbonyl (C=O) groups is 2. The number of carboxylic acid groups (broad SMARTS) is 1. The summed E-state index contributed by atoms with van der Waals surface area (Å²) in [5.41, 5.74) is -4.76. The molecule has 0 aromatic rings. The molecule has 0 heterocycles. The maximum absolute atomic E-state index is 13.7. The fraction of sp³-hybridized carbons (Fsp3) is 0.935. The summed E-state index contributed by atoms with van der Waals surface area (Å²) < 4.78 is 87.4. The molecule has 6 fully saturated rings. The van der Waals surface area contributed by atoms with Crippen LogP contribution in [-0.2, 0) is 14.3 Å². The van der Waals surface area contributed by atoms with Gasteiger partial charge in [-0.05, 0) is 122 Å². The predicted octanol–water partition coefficient (Wildman–Crippen LogP) is 5.56. The molecule has 0 radical (unpaired) electrons. The normalized spacial score (nSPS) is 47.1. The van der Waals surface area contributed by atoms with E-state index < -0.39 is 42.2 Å². The SMILES string of the molecule is CC1C2CC(CC2C(=O)OCCO)C1C1C2CC(CC2C(=O)O)C1C1C(C)C2CC(CC(O)(C(F)(F)F)C(F)(F)F)C1C2. The third-order valence-electron chi connectivity index (χ3n) is 13.6. The average Bonchev–Trinajstić information content (AvgIpc) is 3.74. The zero-order valence-electron chi connectivity index (χ0n) is 24.4. The summed E-state index contributed by atoms with van der Waals surface area (Å²) in [5.74, 6) is -2.98. The van der Waals surface area contributed by atoms with Gasteiger partial charge in [0.1, 0.15) is 6.61 Å². The molecule has 12 heteroatoms. The van der Waals surface area contributed by atoms with E-state index in [-0.39, 0.29) is 103 Å². The fourth-order valence-corrected chi connectivity index (χ4v) is 12.2. The molecule has 0 saturated heterocycles. The van der Waals surface area contributed by atoms with Crippen molar-refractivity contribution < 1.29 is 56.0 Å². The van der Waals surface area contributed by atoms with Gasteiger partial charge in [-0.1, -0.05) is 13.8 Å². The monoisotopic (exact) mass is 624 g/mol. The van der Waals surface area contributed by atoms with Gasteiger partial charge < -0.3 is 20.1 Å². The number of aliphatic hydroxyl groups excluding tert-OH is 1. The molecule has 0 spiro atoms. The molecule has 6 nitrogen and oxygen atoms in total. The van der Waals surface area contributed by atoms with Crippen LogP contribution in [0.25, 0.3) is 0 Å². The van der Waals surface area contributed by atoms with E-state index >= 15 is 0 Å². The highest BCUT2D eigenvalue weighted by molar-refractivity contribution is 5.73. The van der Waals surface area contributed by atoms with E-state index in [0.717, 1.165) is 6.42 Å². The molecular weight excluding hydrogens is 582 g/mol. The fourth-order valence-electron chi connectivity index (χ4n) is 12.2. The van der Waals surface area contributed by atoms with E-state index in [2.05, 4.69) is 13.8 Å². The number of carboxylic acids is 1. The highest BCUT2D eigenvalue weighted by Gasteiger charge is 2.73. The summed E-state index contributed by atoms with van der Waals surface area (Å²) in [6.45, 7) is 3.82. The smallest absolute Gasteiger partial charge is 0.426 e. The highest BCUT2D eigenvalue weighted by atomic mass is 19.4. The number of halogens is 6. The van der Waals surface area contributed by atoms with Gasteiger partial charge in [0, 0.05) is 0 Å². The first-order valence-electron chi connectivity index (χ1n) is 15.9. The van der Waals surface area contributed by atoms with Crippen molar-refractivity contribution >= 4 is 11.9 Å². The minimum Gasteiger partial charge on any atom is -0.481 e. The predicted molar refractivity (Wildman–Crippen MR) is 139 cm³/mol. The highest BCUT2D eigenvalue weighted by Crippen LogP contribution is 2.72. The molecule has 0 aliphatic heterocycles. The van der Waals surface area contributed by atoms with Gasteiger partial charge in [0.2, 0.25) is 0 Å². The maximum atomic E-state index is 13.7. The maximum Gasteiger partial charge on any atom is 0.426 e. The first-order chi connectivity index (χ1) is 20.0. The van der Waals surface area contributed by atoms with Crippen molar-refractivity contribution in [2.45, 2.75) is 76.7 Å². The molecule has 0 aromatic heterocycles. The number of rotatable bonds is 8. The second kappa shape index (κ2) is 10.5. The number of ether oxygens (including phenoxy) is 1. The van der Waals surface area contributed by atoms with Crippen LogP contribution < -0.4 is 0 Å². The zero-order valence-corrected chi connectivity index (χ0v) is 24.4. The van der Waals surface area contributed by atoms with Crippen LogP contribution in [0.4, 0.5) is 26.3 Å². The van der Waals surface area contributed by atoms with Crippen LogP contribution in [0, 0.1) is 88.8 Å². The third kappa shape index (κ3) is 4.64. The van der Waals surface area contributed by atoms with Crippen LogP contribution in [0.5, 0.6) is 0 Å². The molecule has 6 rings (SSSR count). The average molecular weight is 625 g/mol. The Morgan fingerprint density at radius 3 is 1.86 bits per heavy atom. The van der Waals surface area contributed by atoms with Gasteiger partial charge in [-0.2, -0.15) is 26.3 Å². The quantitative estimate of drug-likeness (QED) is 0.242. The third-order valence-corrected chi connectivity index (χ3v) is 13.6. The number of carbonyl (C=O) groups excluding carboxylic acids is 1. The van der Waals surface area contributed by atoms with Crippen molar-refractivity contribution in [2.75, 3.05) is 13.2 Å². The zero-order chi connectivity index (χ0) is 31.4. The van der Waals surface area contributed by atoms with Gasteiger partial charge in [0.25, 0.3) is 5.60 Å². The lowest BCUT2D eigenvalue weighted by atomic mass is 9.54. The topological polar surface area (TPSA) is 104 Å². The van der Waals surface area contributed by atoms with Crippen LogP contribution in [0.1, 0.15) is 58.8 Å². The Morgan fingerprint density at radius 1 is 0.721 bits per heavy atom. The Hall–Kier alpha value is -1.56. The lowest BCUT2D eigenvalue weighted by Gasteiger charge is -2.50. The van der Waals surface area contributed by atoms with Crippen LogP contribution >= 0.6 is 0 Å². The molecule has 0 aromatic carbocycles. The second-order valence-corrected chi connectivity index (χ2v) is 15.0. The van der Waals surface area contributed by atoms with Gasteiger partial charge in [0.05, 0.1) is 18.4 Å². The number of aliphatic carboxylic acids is 1. The Bertz CT molecular complexity index is 1090. The number of alkyl halides is 6. The van der Waals surface area contributed by atoms with Gasteiger partial charge in [-0.25, -0.2) is 0 Å². The summed E-state index contributed by atoms with van der Waals surface area (Å²) >= 11 is 0. The van der Waals surface area contributed by atoms with Crippen molar-refractivity contribution in [1.29, 1.82) is 0 Å². The summed E-state index contributed by atoms with van der Waals surface area (Å²) in [7, 11) is 0. The first kappa shape index (κ1) is 31.4. The van der Waals surface area contributed by atoms with E-state index in [0.29, 0.717) is 25.7 Å². The minimum atomic E-state index is -5.84.